The van der Waals surface area contributed by atoms with Gasteiger partial charge in [-0.3, -0.25) is 14.7 Å². The summed E-state index contributed by atoms with van der Waals surface area (Å²) >= 11 is 2.66. The van der Waals surface area contributed by atoms with Crippen molar-refractivity contribution < 1.29 is 9.59 Å². The van der Waals surface area contributed by atoms with Crippen molar-refractivity contribution in [3.63, 3.8) is 0 Å². The smallest absolute Gasteiger partial charge is 0.265 e. The summed E-state index contributed by atoms with van der Waals surface area (Å²) in [6.07, 6.45) is 0.773. The number of aromatic nitrogens is 3. The zero-order valence-electron chi connectivity index (χ0n) is 14.0. The topological polar surface area (TPSA) is 99.8 Å². The molecule has 0 bridgehead atoms. The number of hydrogen-bond donors (Lipinski definition) is 3. The number of benzene rings is 1. The van der Waals surface area contributed by atoms with E-state index in [1.54, 1.807) is 30.3 Å². The van der Waals surface area contributed by atoms with E-state index in [0.29, 0.717) is 21.4 Å². The predicted molar refractivity (Wildman–Crippen MR) is 104 cm³/mol. The molecule has 3 aromatic rings. The van der Waals surface area contributed by atoms with Crippen molar-refractivity contribution in [2.75, 3.05) is 16.4 Å². The van der Waals surface area contributed by atoms with Crippen LogP contribution in [-0.4, -0.2) is 32.7 Å². The third-order valence-electron chi connectivity index (χ3n) is 3.35. The number of nitrogens with one attached hydrogen (secondary N) is 3. The molecule has 3 rings (SSSR count). The third kappa shape index (κ3) is 4.93. The van der Waals surface area contributed by atoms with Gasteiger partial charge in [0, 0.05) is 17.8 Å². The lowest BCUT2D eigenvalue weighted by molar-refractivity contribution is -0.113. The van der Waals surface area contributed by atoms with Crippen molar-refractivity contribution in [1.29, 1.82) is 0 Å². The molecule has 3 N–H and O–H groups in total. The Hall–Kier alpha value is -2.65. The number of aromatic amines is 1. The van der Waals surface area contributed by atoms with Gasteiger partial charge in [0.2, 0.25) is 11.1 Å². The molecule has 0 spiro atoms. The highest BCUT2D eigenvalue weighted by molar-refractivity contribution is 7.99. The minimum Gasteiger partial charge on any atom is -0.325 e. The summed E-state index contributed by atoms with van der Waals surface area (Å²) in [5.74, 6) is 0.727. The van der Waals surface area contributed by atoms with Crippen LogP contribution in [0.4, 0.5) is 11.4 Å². The zero-order valence-corrected chi connectivity index (χ0v) is 15.6. The van der Waals surface area contributed by atoms with Gasteiger partial charge in [-0.1, -0.05) is 24.8 Å². The lowest BCUT2D eigenvalue weighted by Gasteiger charge is -2.07. The molecule has 7 nitrogen and oxygen atoms in total. The number of rotatable bonds is 7. The molecule has 0 aliphatic carbocycles. The maximum atomic E-state index is 12.0. The molecule has 1 aromatic carbocycles. The molecule has 0 aliphatic heterocycles. The highest BCUT2D eigenvalue weighted by Crippen LogP contribution is 2.17. The quantitative estimate of drug-likeness (QED) is 0.540. The van der Waals surface area contributed by atoms with Crippen LogP contribution >= 0.6 is 23.1 Å². The fourth-order valence-corrected chi connectivity index (χ4v) is 3.30. The normalized spacial score (nSPS) is 10.5. The van der Waals surface area contributed by atoms with E-state index in [-0.39, 0.29) is 17.6 Å². The first-order chi connectivity index (χ1) is 12.6. The van der Waals surface area contributed by atoms with Gasteiger partial charge in [0.15, 0.2) is 0 Å². The lowest BCUT2D eigenvalue weighted by atomic mass is 10.2. The number of thioether (sulfide) groups is 1. The van der Waals surface area contributed by atoms with E-state index in [4.69, 9.17) is 0 Å². The van der Waals surface area contributed by atoms with Crippen LogP contribution in [0, 0.1) is 0 Å². The molecule has 134 valence electrons. The fourth-order valence-electron chi connectivity index (χ4n) is 2.06. The number of hydrogen-bond acceptors (Lipinski definition) is 6. The molecule has 0 saturated carbocycles. The Morgan fingerprint density at radius 1 is 1.15 bits per heavy atom. The van der Waals surface area contributed by atoms with Gasteiger partial charge in [0.1, 0.15) is 5.82 Å². The number of carbonyl (C=O) groups excluding carboxylic acids is 2. The van der Waals surface area contributed by atoms with Gasteiger partial charge in [-0.15, -0.1) is 16.4 Å². The lowest BCUT2D eigenvalue weighted by Crippen LogP contribution is -2.14. The van der Waals surface area contributed by atoms with Crippen LogP contribution in [-0.2, 0) is 11.2 Å². The van der Waals surface area contributed by atoms with E-state index >= 15 is 0 Å². The first kappa shape index (κ1) is 18.2. The molecule has 0 atom stereocenters. The number of amides is 2. The van der Waals surface area contributed by atoms with Gasteiger partial charge in [0.25, 0.3) is 5.91 Å². The standard InChI is InChI=1S/C17H17N5O2S2/c1-2-14-20-17(22-21-14)26-10-15(23)18-11-5-7-12(8-6-11)19-16(24)13-4-3-9-25-13/h3-9H,2,10H2,1H3,(H,18,23)(H,19,24)(H,20,21,22). The first-order valence-electron chi connectivity index (χ1n) is 7.93. The number of thiophene rings is 1. The van der Waals surface area contributed by atoms with Crippen LogP contribution in [0.25, 0.3) is 0 Å². The van der Waals surface area contributed by atoms with Crippen molar-refractivity contribution in [2.24, 2.45) is 0 Å². The van der Waals surface area contributed by atoms with Gasteiger partial charge < -0.3 is 10.6 Å². The molecular formula is C17H17N5O2S2. The summed E-state index contributed by atoms with van der Waals surface area (Å²) in [5, 5.41) is 14.9. The maximum absolute atomic E-state index is 12.0. The van der Waals surface area contributed by atoms with Crippen molar-refractivity contribution in [3.05, 3.63) is 52.5 Å². The fraction of sp³-hybridized carbons (Fsp3) is 0.176. The van der Waals surface area contributed by atoms with Crippen LogP contribution in [0.2, 0.25) is 0 Å². The molecule has 26 heavy (non-hydrogen) atoms. The van der Waals surface area contributed by atoms with E-state index < -0.39 is 0 Å². The van der Waals surface area contributed by atoms with Crippen LogP contribution in [0.3, 0.4) is 0 Å². The van der Waals surface area contributed by atoms with Crippen LogP contribution in [0.5, 0.6) is 0 Å². The summed E-state index contributed by atoms with van der Waals surface area (Å²) in [6.45, 7) is 1.98. The average Bonchev–Trinajstić information content (AvgIpc) is 3.33. The van der Waals surface area contributed by atoms with E-state index in [2.05, 4.69) is 25.8 Å². The molecule has 2 heterocycles. The summed E-state index contributed by atoms with van der Waals surface area (Å²) in [4.78, 5) is 28.9. The minimum atomic E-state index is -0.147. The van der Waals surface area contributed by atoms with Crippen molar-refractivity contribution in [1.82, 2.24) is 15.2 Å². The largest absolute Gasteiger partial charge is 0.325 e. The Balaban J connectivity index is 1.48. The third-order valence-corrected chi connectivity index (χ3v) is 5.07. The summed E-state index contributed by atoms with van der Waals surface area (Å²) in [5.41, 5.74) is 1.33. The van der Waals surface area contributed by atoms with Gasteiger partial charge in [-0.25, -0.2) is 4.98 Å². The number of carbonyl (C=O) groups is 2. The Labute approximate surface area is 158 Å². The predicted octanol–water partition coefficient (Wildman–Crippen LogP) is 3.41. The van der Waals surface area contributed by atoms with E-state index in [9.17, 15) is 9.59 Å². The molecule has 2 aromatic heterocycles. The SMILES string of the molecule is CCc1nc(SCC(=O)Nc2ccc(NC(=O)c3cccs3)cc2)n[nH]1. The first-order valence-corrected chi connectivity index (χ1v) is 9.79. The Morgan fingerprint density at radius 3 is 2.50 bits per heavy atom. The summed E-state index contributed by atoms with van der Waals surface area (Å²) in [7, 11) is 0. The van der Waals surface area contributed by atoms with Gasteiger partial charge in [0.05, 0.1) is 10.6 Å². The van der Waals surface area contributed by atoms with E-state index in [1.165, 1.54) is 23.1 Å². The second kappa shape index (κ2) is 8.63. The van der Waals surface area contributed by atoms with Crippen LogP contribution < -0.4 is 10.6 Å². The van der Waals surface area contributed by atoms with Crippen molar-refractivity contribution in [2.45, 2.75) is 18.5 Å². The second-order valence-electron chi connectivity index (χ2n) is 5.26. The Bertz CT molecular complexity index is 875. The number of anilines is 2. The van der Waals surface area contributed by atoms with Gasteiger partial charge in [-0.05, 0) is 35.7 Å². The minimum absolute atomic E-state index is 0.145. The molecule has 9 heteroatoms. The number of aryl methyl sites for hydroxylation is 1. The van der Waals surface area contributed by atoms with Gasteiger partial charge in [-0.2, -0.15) is 0 Å². The average molecular weight is 387 g/mol. The highest BCUT2D eigenvalue weighted by atomic mass is 32.2. The molecule has 2 amide bonds. The number of H-pyrrole nitrogens is 1. The maximum Gasteiger partial charge on any atom is 0.265 e. The summed E-state index contributed by atoms with van der Waals surface area (Å²) in [6, 6.07) is 10.6. The Morgan fingerprint density at radius 2 is 1.88 bits per heavy atom. The zero-order chi connectivity index (χ0) is 18.4. The molecule has 0 unspecified atom stereocenters. The molecule has 0 fully saturated rings. The summed E-state index contributed by atoms with van der Waals surface area (Å²) < 4.78 is 0. The molecule has 0 aliphatic rings. The molecule has 0 radical (unpaired) electrons. The number of nitrogens with zero attached hydrogens (tertiary/aromatic N) is 2. The van der Waals surface area contributed by atoms with Crippen molar-refractivity contribution >= 4 is 46.3 Å². The van der Waals surface area contributed by atoms with E-state index in [1.807, 2.05) is 18.4 Å². The monoisotopic (exact) mass is 387 g/mol. The Kier molecular flexibility index (Phi) is 6.03. The van der Waals surface area contributed by atoms with Crippen LogP contribution in [0.1, 0.15) is 22.4 Å². The van der Waals surface area contributed by atoms with E-state index in [0.717, 1.165) is 12.2 Å². The van der Waals surface area contributed by atoms with Crippen molar-refractivity contribution in [3.8, 4) is 0 Å². The second-order valence-corrected chi connectivity index (χ2v) is 7.15. The van der Waals surface area contributed by atoms with Gasteiger partial charge >= 0.3 is 0 Å². The highest BCUT2D eigenvalue weighted by Gasteiger charge is 2.09. The molecule has 0 saturated heterocycles. The molecular weight excluding hydrogens is 370 g/mol. The van der Waals surface area contributed by atoms with Crippen LogP contribution in [0.15, 0.2) is 46.9 Å².